The van der Waals surface area contributed by atoms with E-state index in [9.17, 15) is 0 Å². The Kier molecular flexibility index (Phi) is 3.20. The van der Waals surface area contributed by atoms with Crippen LogP contribution in [0.2, 0.25) is 4.34 Å². The molecule has 0 spiro atoms. The van der Waals surface area contributed by atoms with Gasteiger partial charge in [-0.2, -0.15) is 5.48 Å². The van der Waals surface area contributed by atoms with E-state index in [2.05, 4.69) is 5.48 Å². The maximum absolute atomic E-state index is 9.08. The molecule has 0 aliphatic heterocycles. The first-order valence-corrected chi connectivity index (χ1v) is 6.07. The van der Waals surface area contributed by atoms with E-state index in [-0.39, 0.29) is 6.04 Å². The summed E-state index contributed by atoms with van der Waals surface area (Å²) in [6, 6.07) is 7.53. The van der Waals surface area contributed by atoms with E-state index in [4.69, 9.17) is 16.8 Å². The summed E-state index contributed by atoms with van der Waals surface area (Å²) in [5.74, 6) is 0. The summed E-state index contributed by atoms with van der Waals surface area (Å²) in [5.41, 5.74) is 2.30. The van der Waals surface area contributed by atoms with Crippen molar-refractivity contribution in [2.24, 2.45) is 0 Å². The monoisotopic (exact) mass is 245 g/mol. The predicted molar refractivity (Wildman–Crippen MR) is 60.4 cm³/mol. The summed E-state index contributed by atoms with van der Waals surface area (Å²) in [7, 11) is 0. The van der Waals surface area contributed by atoms with Crippen LogP contribution in [0, 0.1) is 0 Å². The molecule has 0 radical (unpaired) electrons. The lowest BCUT2D eigenvalue weighted by Gasteiger charge is -2.10. The van der Waals surface area contributed by atoms with Gasteiger partial charge in [0.1, 0.15) is 6.04 Å². The van der Waals surface area contributed by atoms with Crippen LogP contribution in [0.1, 0.15) is 15.8 Å². The summed E-state index contributed by atoms with van der Waals surface area (Å²) in [5, 5.41) is 11.1. The van der Waals surface area contributed by atoms with Crippen molar-refractivity contribution in [3.05, 3.63) is 43.7 Å². The van der Waals surface area contributed by atoms with Crippen molar-refractivity contribution in [2.75, 3.05) is 0 Å². The Morgan fingerprint density at radius 3 is 2.64 bits per heavy atom. The number of hydrogen-bond donors (Lipinski definition) is 2. The molecule has 0 aromatic carbocycles. The molecule has 2 heterocycles. The highest BCUT2D eigenvalue weighted by atomic mass is 35.5. The average Bonchev–Trinajstić information content (AvgIpc) is 2.79. The van der Waals surface area contributed by atoms with Crippen molar-refractivity contribution < 1.29 is 5.21 Å². The summed E-state index contributed by atoms with van der Waals surface area (Å²) in [6.45, 7) is 0. The molecule has 2 N–H and O–H groups in total. The number of thiophene rings is 2. The lowest BCUT2D eigenvalue weighted by Crippen LogP contribution is -2.15. The number of nitrogens with one attached hydrogen (secondary N) is 1. The van der Waals surface area contributed by atoms with Crippen LogP contribution in [0.4, 0.5) is 0 Å². The molecule has 2 aromatic heterocycles. The maximum atomic E-state index is 9.08. The zero-order valence-electron chi connectivity index (χ0n) is 7.11. The van der Waals surface area contributed by atoms with Gasteiger partial charge in [-0.15, -0.1) is 22.7 Å². The quantitative estimate of drug-likeness (QED) is 0.811. The van der Waals surface area contributed by atoms with Gasteiger partial charge in [-0.05, 0) is 23.6 Å². The van der Waals surface area contributed by atoms with E-state index in [1.807, 2.05) is 29.6 Å². The van der Waals surface area contributed by atoms with Crippen molar-refractivity contribution in [2.45, 2.75) is 6.04 Å². The Labute approximate surface area is 94.7 Å². The topological polar surface area (TPSA) is 32.3 Å². The molecule has 0 saturated carbocycles. The van der Waals surface area contributed by atoms with E-state index in [1.54, 1.807) is 11.3 Å². The fourth-order valence-corrected chi connectivity index (χ4v) is 3.19. The largest absolute Gasteiger partial charge is 0.316 e. The summed E-state index contributed by atoms with van der Waals surface area (Å²) in [6.07, 6.45) is 0. The molecule has 1 unspecified atom stereocenters. The van der Waals surface area contributed by atoms with Gasteiger partial charge < -0.3 is 5.21 Å². The van der Waals surface area contributed by atoms with E-state index in [1.165, 1.54) is 11.3 Å². The second kappa shape index (κ2) is 4.42. The van der Waals surface area contributed by atoms with Gasteiger partial charge >= 0.3 is 0 Å². The second-order valence-corrected chi connectivity index (χ2v) is 5.45. The average molecular weight is 246 g/mol. The molecule has 74 valence electrons. The van der Waals surface area contributed by atoms with Crippen LogP contribution in [0.3, 0.4) is 0 Å². The molecule has 2 aromatic rings. The molecule has 0 aliphatic rings. The Balaban J connectivity index is 2.31. The highest BCUT2D eigenvalue weighted by Gasteiger charge is 2.15. The number of hydroxylamine groups is 1. The van der Waals surface area contributed by atoms with Crippen LogP contribution < -0.4 is 5.48 Å². The van der Waals surface area contributed by atoms with Crippen LogP contribution in [-0.4, -0.2) is 5.21 Å². The highest BCUT2D eigenvalue weighted by Crippen LogP contribution is 2.32. The third-order valence-corrected chi connectivity index (χ3v) is 4.07. The van der Waals surface area contributed by atoms with Crippen molar-refractivity contribution in [1.29, 1.82) is 0 Å². The first-order valence-electron chi connectivity index (χ1n) is 3.99. The van der Waals surface area contributed by atoms with Gasteiger partial charge in [-0.1, -0.05) is 17.7 Å². The zero-order chi connectivity index (χ0) is 9.97. The first-order chi connectivity index (χ1) is 6.81. The van der Waals surface area contributed by atoms with Crippen LogP contribution in [0.25, 0.3) is 0 Å². The highest BCUT2D eigenvalue weighted by molar-refractivity contribution is 7.16. The third-order valence-electron chi connectivity index (χ3n) is 1.84. The number of halogens is 1. The molecule has 0 fully saturated rings. The van der Waals surface area contributed by atoms with Crippen molar-refractivity contribution in [1.82, 2.24) is 5.48 Å². The molecule has 1 atom stereocenters. The van der Waals surface area contributed by atoms with E-state index < -0.39 is 0 Å². The molecule has 2 nitrogen and oxygen atoms in total. The predicted octanol–water partition coefficient (Wildman–Crippen LogP) is 3.53. The summed E-state index contributed by atoms with van der Waals surface area (Å²) < 4.78 is 0.733. The zero-order valence-corrected chi connectivity index (χ0v) is 9.49. The molecule has 2 rings (SSSR count). The van der Waals surface area contributed by atoms with Crippen LogP contribution in [-0.2, 0) is 0 Å². The van der Waals surface area contributed by atoms with Gasteiger partial charge in [0, 0.05) is 9.75 Å². The Bertz CT molecular complexity index is 399. The molecule has 5 heteroatoms. The van der Waals surface area contributed by atoms with Crippen molar-refractivity contribution in [3.8, 4) is 0 Å². The second-order valence-electron chi connectivity index (χ2n) is 2.72. The van der Waals surface area contributed by atoms with Gasteiger partial charge in [-0.25, -0.2) is 0 Å². The minimum absolute atomic E-state index is 0.160. The van der Waals surface area contributed by atoms with E-state index >= 15 is 0 Å². The van der Waals surface area contributed by atoms with Crippen LogP contribution in [0.15, 0.2) is 29.6 Å². The molecule has 14 heavy (non-hydrogen) atoms. The molecule has 0 saturated heterocycles. The smallest absolute Gasteiger partial charge is 0.100 e. The lowest BCUT2D eigenvalue weighted by molar-refractivity contribution is 0.143. The standard InChI is InChI=1S/C9H8ClNOS2/c10-8-4-3-7(14-8)9(11-12)6-2-1-5-13-6/h1-5,9,11-12H. The molecule has 0 aliphatic carbocycles. The fraction of sp³-hybridized carbons (Fsp3) is 0.111. The molecule has 0 bridgehead atoms. The van der Waals surface area contributed by atoms with Crippen LogP contribution in [0.5, 0.6) is 0 Å². The first kappa shape index (κ1) is 10.1. The minimum atomic E-state index is -0.160. The molecular weight excluding hydrogens is 238 g/mol. The normalized spacial score (nSPS) is 13.0. The Morgan fingerprint density at radius 1 is 1.29 bits per heavy atom. The maximum Gasteiger partial charge on any atom is 0.100 e. The van der Waals surface area contributed by atoms with Gasteiger partial charge in [0.2, 0.25) is 0 Å². The van der Waals surface area contributed by atoms with Crippen molar-refractivity contribution in [3.63, 3.8) is 0 Å². The molecule has 0 amide bonds. The Hall–Kier alpha value is -0.390. The summed E-state index contributed by atoms with van der Waals surface area (Å²) >= 11 is 8.90. The van der Waals surface area contributed by atoms with E-state index in [0.717, 1.165) is 14.1 Å². The number of hydrogen-bond acceptors (Lipinski definition) is 4. The molecular formula is C9H8ClNOS2. The SMILES string of the molecule is ONC(c1cccs1)c1ccc(Cl)s1. The van der Waals surface area contributed by atoms with Crippen molar-refractivity contribution >= 4 is 34.3 Å². The Morgan fingerprint density at radius 2 is 2.14 bits per heavy atom. The third kappa shape index (κ3) is 1.99. The summed E-state index contributed by atoms with van der Waals surface area (Å²) in [4.78, 5) is 2.09. The van der Waals surface area contributed by atoms with Crippen LogP contribution >= 0.6 is 34.3 Å². The van der Waals surface area contributed by atoms with Gasteiger partial charge in [-0.3, -0.25) is 0 Å². The lowest BCUT2D eigenvalue weighted by atomic mass is 10.2. The number of rotatable bonds is 3. The van der Waals surface area contributed by atoms with Gasteiger partial charge in [0.25, 0.3) is 0 Å². The van der Waals surface area contributed by atoms with Gasteiger partial charge in [0.15, 0.2) is 0 Å². The van der Waals surface area contributed by atoms with E-state index in [0.29, 0.717) is 0 Å². The van der Waals surface area contributed by atoms with Gasteiger partial charge in [0.05, 0.1) is 4.34 Å². The fourth-order valence-electron chi connectivity index (χ4n) is 1.21. The minimum Gasteiger partial charge on any atom is -0.316 e.